The van der Waals surface area contributed by atoms with E-state index >= 15 is 0 Å². The standard InChI is InChI=1S/C16H21N3O/c1-16(2,3)15(20)18(4)11-13-10-17-19(12-13)14-8-6-5-7-9-14/h5-10,12H,11H2,1-4H3. The maximum absolute atomic E-state index is 12.1. The Morgan fingerprint density at radius 1 is 1.25 bits per heavy atom. The highest BCUT2D eigenvalue weighted by Crippen LogP contribution is 2.18. The molecule has 106 valence electrons. The molecular weight excluding hydrogens is 250 g/mol. The molecule has 0 bridgehead atoms. The quantitative estimate of drug-likeness (QED) is 0.861. The topological polar surface area (TPSA) is 38.1 Å². The van der Waals surface area contributed by atoms with E-state index in [-0.39, 0.29) is 11.3 Å². The third kappa shape index (κ3) is 3.26. The van der Waals surface area contributed by atoms with Gasteiger partial charge in [-0.25, -0.2) is 4.68 Å². The third-order valence-electron chi connectivity index (χ3n) is 3.06. The van der Waals surface area contributed by atoms with E-state index < -0.39 is 0 Å². The Kier molecular flexibility index (Phi) is 3.93. The molecule has 0 unspecified atom stereocenters. The monoisotopic (exact) mass is 271 g/mol. The minimum Gasteiger partial charge on any atom is -0.341 e. The molecule has 0 saturated carbocycles. The molecule has 20 heavy (non-hydrogen) atoms. The smallest absolute Gasteiger partial charge is 0.227 e. The molecule has 0 aliphatic carbocycles. The van der Waals surface area contributed by atoms with Crippen LogP contribution < -0.4 is 0 Å². The van der Waals surface area contributed by atoms with Crippen molar-refractivity contribution in [3.8, 4) is 5.69 Å². The molecule has 4 nitrogen and oxygen atoms in total. The first kappa shape index (κ1) is 14.3. The molecule has 1 aromatic heterocycles. The average Bonchev–Trinajstić information content (AvgIpc) is 2.86. The van der Waals surface area contributed by atoms with Crippen molar-refractivity contribution < 1.29 is 4.79 Å². The summed E-state index contributed by atoms with van der Waals surface area (Å²) in [6.45, 7) is 6.36. The van der Waals surface area contributed by atoms with E-state index in [1.54, 1.807) is 11.1 Å². The molecule has 0 radical (unpaired) electrons. The summed E-state index contributed by atoms with van der Waals surface area (Å²) in [4.78, 5) is 13.9. The van der Waals surface area contributed by atoms with E-state index in [2.05, 4.69) is 5.10 Å². The Hall–Kier alpha value is -2.10. The highest BCUT2D eigenvalue weighted by molar-refractivity contribution is 5.81. The van der Waals surface area contributed by atoms with E-state index in [1.807, 2.05) is 69.0 Å². The number of carbonyl (C=O) groups is 1. The predicted octanol–water partition coefficient (Wildman–Crippen LogP) is 2.88. The van der Waals surface area contributed by atoms with Crippen LogP contribution in [-0.2, 0) is 11.3 Å². The lowest BCUT2D eigenvalue weighted by Crippen LogP contribution is -2.36. The van der Waals surface area contributed by atoms with E-state index in [1.165, 1.54) is 0 Å². The second-order valence-corrected chi connectivity index (χ2v) is 6.04. The van der Waals surface area contributed by atoms with Crippen LogP contribution in [0.4, 0.5) is 0 Å². The number of aromatic nitrogens is 2. The van der Waals surface area contributed by atoms with Crippen molar-refractivity contribution >= 4 is 5.91 Å². The van der Waals surface area contributed by atoms with Gasteiger partial charge in [-0.2, -0.15) is 5.10 Å². The molecule has 0 N–H and O–H groups in total. The molecule has 0 atom stereocenters. The Balaban J connectivity index is 2.09. The fourth-order valence-electron chi connectivity index (χ4n) is 2.08. The zero-order valence-electron chi connectivity index (χ0n) is 12.5. The number of rotatable bonds is 3. The molecule has 1 aromatic carbocycles. The minimum atomic E-state index is -0.357. The first-order chi connectivity index (χ1) is 9.38. The number of benzene rings is 1. The molecule has 1 heterocycles. The molecular formula is C16H21N3O. The summed E-state index contributed by atoms with van der Waals surface area (Å²) in [6, 6.07) is 9.93. The van der Waals surface area contributed by atoms with Gasteiger partial charge < -0.3 is 4.90 Å². The SMILES string of the molecule is CN(Cc1cnn(-c2ccccc2)c1)C(=O)C(C)(C)C. The Morgan fingerprint density at radius 3 is 2.50 bits per heavy atom. The van der Waals surface area contributed by atoms with Crippen molar-refractivity contribution in [3.05, 3.63) is 48.3 Å². The summed E-state index contributed by atoms with van der Waals surface area (Å²) in [5.41, 5.74) is 1.68. The summed E-state index contributed by atoms with van der Waals surface area (Å²) in [6.07, 6.45) is 3.77. The molecule has 2 rings (SSSR count). The van der Waals surface area contributed by atoms with Gasteiger partial charge in [0.05, 0.1) is 11.9 Å². The molecule has 0 aliphatic rings. The first-order valence-electron chi connectivity index (χ1n) is 6.72. The lowest BCUT2D eigenvalue weighted by molar-refractivity contribution is -0.138. The first-order valence-corrected chi connectivity index (χ1v) is 6.72. The van der Waals surface area contributed by atoms with Gasteiger partial charge in [-0.3, -0.25) is 4.79 Å². The lowest BCUT2D eigenvalue weighted by Gasteiger charge is -2.25. The normalized spacial score (nSPS) is 11.4. The number of hydrogen-bond donors (Lipinski definition) is 0. The minimum absolute atomic E-state index is 0.130. The molecule has 0 saturated heterocycles. The fraction of sp³-hybridized carbons (Fsp3) is 0.375. The highest BCUT2D eigenvalue weighted by atomic mass is 16.2. The maximum atomic E-state index is 12.1. The maximum Gasteiger partial charge on any atom is 0.227 e. The van der Waals surface area contributed by atoms with E-state index in [0.29, 0.717) is 6.54 Å². The van der Waals surface area contributed by atoms with Crippen LogP contribution in [0.5, 0.6) is 0 Å². The summed E-state index contributed by atoms with van der Waals surface area (Å²) in [7, 11) is 1.83. The van der Waals surface area contributed by atoms with Gasteiger partial charge in [0, 0.05) is 30.8 Å². The summed E-state index contributed by atoms with van der Waals surface area (Å²) >= 11 is 0. The van der Waals surface area contributed by atoms with Crippen molar-refractivity contribution in [2.75, 3.05) is 7.05 Å². The van der Waals surface area contributed by atoms with Gasteiger partial charge in [0.2, 0.25) is 5.91 Å². The van der Waals surface area contributed by atoms with Gasteiger partial charge >= 0.3 is 0 Å². The Morgan fingerprint density at radius 2 is 1.90 bits per heavy atom. The molecule has 0 spiro atoms. The average molecular weight is 271 g/mol. The summed E-state index contributed by atoms with van der Waals surface area (Å²) < 4.78 is 1.82. The van der Waals surface area contributed by atoms with E-state index in [9.17, 15) is 4.79 Å². The predicted molar refractivity (Wildman–Crippen MR) is 79.5 cm³/mol. The number of para-hydroxylation sites is 1. The van der Waals surface area contributed by atoms with Crippen molar-refractivity contribution in [2.24, 2.45) is 5.41 Å². The van der Waals surface area contributed by atoms with Gasteiger partial charge in [-0.1, -0.05) is 39.0 Å². The zero-order valence-corrected chi connectivity index (χ0v) is 12.5. The summed E-state index contributed by atoms with van der Waals surface area (Å²) in [5.74, 6) is 0.130. The Bertz CT molecular complexity index is 581. The number of amides is 1. The number of hydrogen-bond acceptors (Lipinski definition) is 2. The Labute approximate surface area is 120 Å². The van der Waals surface area contributed by atoms with Gasteiger partial charge in [-0.05, 0) is 12.1 Å². The summed E-state index contributed by atoms with van der Waals surface area (Å²) in [5, 5.41) is 4.34. The van der Waals surface area contributed by atoms with Crippen LogP contribution in [0, 0.1) is 5.41 Å². The van der Waals surface area contributed by atoms with Gasteiger partial charge in [0.1, 0.15) is 0 Å². The van der Waals surface area contributed by atoms with Crippen molar-refractivity contribution in [1.82, 2.24) is 14.7 Å². The second kappa shape index (κ2) is 5.49. The van der Waals surface area contributed by atoms with Crippen LogP contribution in [0.15, 0.2) is 42.7 Å². The van der Waals surface area contributed by atoms with E-state index in [0.717, 1.165) is 11.3 Å². The van der Waals surface area contributed by atoms with Crippen LogP contribution >= 0.6 is 0 Å². The molecule has 4 heteroatoms. The van der Waals surface area contributed by atoms with Crippen molar-refractivity contribution in [1.29, 1.82) is 0 Å². The van der Waals surface area contributed by atoms with Crippen molar-refractivity contribution in [2.45, 2.75) is 27.3 Å². The second-order valence-electron chi connectivity index (χ2n) is 6.04. The third-order valence-corrected chi connectivity index (χ3v) is 3.06. The zero-order chi connectivity index (χ0) is 14.8. The molecule has 1 amide bonds. The van der Waals surface area contributed by atoms with E-state index in [4.69, 9.17) is 0 Å². The largest absolute Gasteiger partial charge is 0.341 e. The van der Waals surface area contributed by atoms with Crippen LogP contribution in [0.1, 0.15) is 26.3 Å². The molecule has 0 aliphatic heterocycles. The number of carbonyl (C=O) groups excluding carboxylic acids is 1. The van der Waals surface area contributed by atoms with Gasteiger partial charge in [0.25, 0.3) is 0 Å². The number of nitrogens with zero attached hydrogens (tertiary/aromatic N) is 3. The van der Waals surface area contributed by atoms with Gasteiger partial charge in [0.15, 0.2) is 0 Å². The molecule has 2 aromatic rings. The van der Waals surface area contributed by atoms with Crippen LogP contribution in [0.2, 0.25) is 0 Å². The van der Waals surface area contributed by atoms with Crippen LogP contribution in [-0.4, -0.2) is 27.6 Å². The van der Waals surface area contributed by atoms with Crippen molar-refractivity contribution in [3.63, 3.8) is 0 Å². The van der Waals surface area contributed by atoms with Gasteiger partial charge in [-0.15, -0.1) is 0 Å². The van der Waals surface area contributed by atoms with Crippen LogP contribution in [0.25, 0.3) is 5.69 Å². The highest BCUT2D eigenvalue weighted by Gasteiger charge is 2.25. The lowest BCUT2D eigenvalue weighted by atomic mass is 9.95. The fourth-order valence-corrected chi connectivity index (χ4v) is 2.08. The van der Waals surface area contributed by atoms with Crippen LogP contribution in [0.3, 0.4) is 0 Å². The molecule has 0 fully saturated rings.